The Morgan fingerprint density at radius 1 is 1.03 bits per heavy atom. The Kier molecular flexibility index (Phi) is 5.72. The van der Waals surface area contributed by atoms with Gasteiger partial charge in [0, 0.05) is 11.4 Å². The Bertz CT molecular complexity index is 1110. The minimum Gasteiger partial charge on any atom is -0.308 e. The highest BCUT2D eigenvalue weighted by atomic mass is 32.2. The van der Waals surface area contributed by atoms with Crippen LogP contribution in [-0.4, -0.2) is 17.7 Å². The molecular weight excluding hydrogens is 401 g/mol. The summed E-state index contributed by atoms with van der Waals surface area (Å²) in [4.78, 5) is 26.7. The molecule has 3 amide bonds. The van der Waals surface area contributed by atoms with Gasteiger partial charge >= 0.3 is 6.03 Å². The first kappa shape index (κ1) is 20.0. The van der Waals surface area contributed by atoms with E-state index in [0.29, 0.717) is 11.4 Å². The van der Waals surface area contributed by atoms with E-state index in [-0.39, 0.29) is 17.0 Å². The van der Waals surface area contributed by atoms with Crippen LogP contribution < -0.4 is 15.5 Å². The minimum absolute atomic E-state index is 0.0509. The lowest BCUT2D eigenvalue weighted by Gasteiger charge is -2.26. The number of hydrogen-bond acceptors (Lipinski definition) is 3. The fourth-order valence-corrected chi connectivity index (χ4v) is 4.54. The Morgan fingerprint density at radius 2 is 1.80 bits per heavy atom. The average Bonchev–Trinajstić information content (AvgIpc) is 3.11. The third kappa shape index (κ3) is 4.16. The summed E-state index contributed by atoms with van der Waals surface area (Å²) in [6.45, 7) is 1.98. The monoisotopic (exact) mass is 421 g/mol. The van der Waals surface area contributed by atoms with E-state index in [2.05, 4.69) is 10.6 Å². The zero-order chi connectivity index (χ0) is 21.1. The summed E-state index contributed by atoms with van der Waals surface area (Å²) in [5.41, 5.74) is 3.47. The molecule has 1 aliphatic heterocycles. The van der Waals surface area contributed by atoms with Gasteiger partial charge in [-0.1, -0.05) is 42.5 Å². The number of nitrogens with one attached hydrogen (secondary N) is 2. The average molecular weight is 421 g/mol. The van der Waals surface area contributed by atoms with Crippen molar-refractivity contribution in [1.82, 2.24) is 0 Å². The Labute approximate surface area is 178 Å². The second-order valence-electron chi connectivity index (χ2n) is 6.90. The highest BCUT2D eigenvalue weighted by Crippen LogP contribution is 2.43. The maximum Gasteiger partial charge on any atom is 0.323 e. The zero-order valence-corrected chi connectivity index (χ0v) is 17.1. The molecule has 1 heterocycles. The highest BCUT2D eigenvalue weighted by Gasteiger charge is 2.34. The van der Waals surface area contributed by atoms with E-state index in [9.17, 15) is 14.0 Å². The van der Waals surface area contributed by atoms with E-state index >= 15 is 0 Å². The highest BCUT2D eigenvalue weighted by molar-refractivity contribution is 8.00. The standard InChI is InChI=1S/C23H20FN3O2S/c1-15-7-2-5-12-20(15)27-21(28)14-30-22(27)16-8-6-9-17(13-16)25-23(29)26-19-11-4-3-10-18(19)24/h2-13,22H,14H2,1H3,(H2,25,26,29). The molecule has 1 saturated heterocycles. The lowest BCUT2D eigenvalue weighted by molar-refractivity contribution is -0.115. The van der Waals surface area contributed by atoms with Crippen molar-refractivity contribution >= 4 is 40.8 Å². The quantitative estimate of drug-likeness (QED) is 0.580. The Balaban J connectivity index is 1.54. The van der Waals surface area contributed by atoms with Crippen LogP contribution in [0.4, 0.5) is 26.2 Å². The predicted molar refractivity (Wildman–Crippen MR) is 119 cm³/mol. The number of benzene rings is 3. The first-order valence-electron chi connectivity index (χ1n) is 9.45. The fraction of sp³-hybridized carbons (Fsp3) is 0.130. The van der Waals surface area contributed by atoms with Crippen molar-refractivity contribution in [3.63, 3.8) is 0 Å². The number of urea groups is 1. The lowest BCUT2D eigenvalue weighted by Crippen LogP contribution is -2.28. The van der Waals surface area contributed by atoms with E-state index in [0.717, 1.165) is 16.8 Å². The van der Waals surface area contributed by atoms with Gasteiger partial charge in [0.25, 0.3) is 0 Å². The van der Waals surface area contributed by atoms with Gasteiger partial charge in [-0.05, 0) is 48.4 Å². The molecule has 0 bridgehead atoms. The van der Waals surface area contributed by atoms with Crippen LogP contribution in [-0.2, 0) is 4.79 Å². The molecular formula is C23H20FN3O2S. The molecule has 0 aliphatic carbocycles. The first-order valence-corrected chi connectivity index (χ1v) is 10.5. The molecule has 3 aromatic carbocycles. The topological polar surface area (TPSA) is 61.4 Å². The smallest absolute Gasteiger partial charge is 0.308 e. The van der Waals surface area contributed by atoms with Crippen LogP contribution in [0.1, 0.15) is 16.5 Å². The molecule has 2 N–H and O–H groups in total. The third-order valence-electron chi connectivity index (χ3n) is 4.79. The lowest BCUT2D eigenvalue weighted by atomic mass is 10.1. The van der Waals surface area contributed by atoms with Crippen LogP contribution in [0.2, 0.25) is 0 Å². The molecule has 5 nitrogen and oxygen atoms in total. The van der Waals surface area contributed by atoms with Gasteiger partial charge < -0.3 is 10.6 Å². The molecule has 1 aliphatic rings. The van der Waals surface area contributed by atoms with Gasteiger partial charge in [-0.15, -0.1) is 11.8 Å². The largest absolute Gasteiger partial charge is 0.323 e. The fourth-order valence-electron chi connectivity index (χ4n) is 3.38. The Hall–Kier alpha value is -3.32. The van der Waals surface area contributed by atoms with Crippen molar-refractivity contribution in [1.29, 1.82) is 0 Å². The van der Waals surface area contributed by atoms with E-state index in [1.807, 2.05) is 49.4 Å². The summed E-state index contributed by atoms with van der Waals surface area (Å²) in [5, 5.41) is 5.05. The first-order chi connectivity index (χ1) is 14.5. The summed E-state index contributed by atoms with van der Waals surface area (Å²) in [5.74, 6) is -0.0594. The van der Waals surface area contributed by atoms with Gasteiger partial charge in [0.1, 0.15) is 11.2 Å². The molecule has 30 heavy (non-hydrogen) atoms. The number of hydrogen-bond donors (Lipinski definition) is 2. The Morgan fingerprint density at radius 3 is 2.60 bits per heavy atom. The number of para-hydroxylation sites is 2. The van der Waals surface area contributed by atoms with Gasteiger partial charge in [0.15, 0.2) is 0 Å². The van der Waals surface area contributed by atoms with Crippen molar-refractivity contribution in [2.75, 3.05) is 21.3 Å². The van der Waals surface area contributed by atoms with Crippen LogP contribution in [0.25, 0.3) is 0 Å². The van der Waals surface area contributed by atoms with Gasteiger partial charge in [0.05, 0.1) is 11.4 Å². The van der Waals surface area contributed by atoms with Gasteiger partial charge in [0.2, 0.25) is 5.91 Å². The summed E-state index contributed by atoms with van der Waals surface area (Å²) in [6.07, 6.45) is 0. The number of carbonyl (C=O) groups excluding carboxylic acids is 2. The number of amides is 3. The second-order valence-corrected chi connectivity index (χ2v) is 7.97. The summed E-state index contributed by atoms with van der Waals surface area (Å²) in [6, 6.07) is 20.6. The summed E-state index contributed by atoms with van der Waals surface area (Å²) >= 11 is 1.55. The molecule has 0 aromatic heterocycles. The van der Waals surface area contributed by atoms with Crippen LogP contribution in [0.3, 0.4) is 0 Å². The minimum atomic E-state index is -0.539. The second kappa shape index (κ2) is 8.59. The van der Waals surface area contributed by atoms with Crippen LogP contribution >= 0.6 is 11.8 Å². The van der Waals surface area contributed by atoms with Gasteiger partial charge in [-0.3, -0.25) is 9.69 Å². The summed E-state index contributed by atoms with van der Waals surface area (Å²) < 4.78 is 13.7. The van der Waals surface area contributed by atoms with Gasteiger partial charge in [-0.2, -0.15) is 0 Å². The van der Waals surface area contributed by atoms with E-state index in [1.165, 1.54) is 12.1 Å². The van der Waals surface area contributed by atoms with Crippen LogP contribution in [0.5, 0.6) is 0 Å². The molecule has 4 rings (SSSR count). The van der Waals surface area contributed by atoms with E-state index < -0.39 is 11.8 Å². The van der Waals surface area contributed by atoms with Crippen molar-refractivity contribution in [2.24, 2.45) is 0 Å². The third-order valence-corrected chi connectivity index (χ3v) is 6.01. The van der Waals surface area contributed by atoms with E-state index in [1.54, 1.807) is 34.9 Å². The van der Waals surface area contributed by atoms with Crippen molar-refractivity contribution < 1.29 is 14.0 Å². The number of thioether (sulfide) groups is 1. The molecule has 0 radical (unpaired) electrons. The molecule has 1 fully saturated rings. The summed E-state index contributed by atoms with van der Waals surface area (Å²) in [7, 11) is 0. The number of rotatable bonds is 4. The maximum absolute atomic E-state index is 13.7. The molecule has 0 saturated carbocycles. The van der Waals surface area contributed by atoms with E-state index in [4.69, 9.17) is 0 Å². The molecule has 0 spiro atoms. The number of anilines is 3. The number of carbonyl (C=O) groups is 2. The van der Waals surface area contributed by atoms with Crippen molar-refractivity contribution in [3.8, 4) is 0 Å². The molecule has 1 unspecified atom stereocenters. The van der Waals surface area contributed by atoms with Crippen LogP contribution in [0.15, 0.2) is 72.8 Å². The maximum atomic E-state index is 13.7. The molecule has 152 valence electrons. The predicted octanol–water partition coefficient (Wildman–Crippen LogP) is 5.56. The molecule has 7 heteroatoms. The number of halogens is 1. The number of nitrogens with zero attached hydrogens (tertiary/aromatic N) is 1. The van der Waals surface area contributed by atoms with Crippen LogP contribution in [0, 0.1) is 12.7 Å². The van der Waals surface area contributed by atoms with Gasteiger partial charge in [-0.25, -0.2) is 9.18 Å². The number of aryl methyl sites for hydroxylation is 1. The normalized spacial score (nSPS) is 15.9. The zero-order valence-electron chi connectivity index (χ0n) is 16.3. The molecule has 3 aromatic rings. The molecule has 1 atom stereocenters. The van der Waals surface area contributed by atoms with Crippen molar-refractivity contribution in [2.45, 2.75) is 12.3 Å². The van der Waals surface area contributed by atoms with Crippen molar-refractivity contribution in [3.05, 3.63) is 89.7 Å². The SMILES string of the molecule is Cc1ccccc1N1C(=O)CSC1c1cccc(NC(=O)Nc2ccccc2F)c1.